The first kappa shape index (κ1) is 14.2. The normalized spacial score (nSPS) is 21.2. The van der Waals surface area contributed by atoms with Gasteiger partial charge < -0.3 is 9.84 Å². The van der Waals surface area contributed by atoms with Crippen LogP contribution >= 0.6 is 39.1 Å². The first-order valence-corrected chi connectivity index (χ1v) is 7.69. The van der Waals surface area contributed by atoms with E-state index < -0.39 is 6.10 Å². The van der Waals surface area contributed by atoms with Crippen molar-refractivity contribution in [2.45, 2.75) is 18.6 Å². The fourth-order valence-electron chi connectivity index (χ4n) is 2.38. The van der Waals surface area contributed by atoms with E-state index in [2.05, 4.69) is 15.9 Å². The van der Waals surface area contributed by atoms with Crippen LogP contribution in [0.25, 0.3) is 0 Å². The predicted octanol–water partition coefficient (Wildman–Crippen LogP) is 5.31. The molecule has 1 aliphatic rings. The molecule has 2 aromatic carbocycles. The van der Waals surface area contributed by atoms with Gasteiger partial charge in [0.25, 0.3) is 0 Å². The van der Waals surface area contributed by atoms with Crippen LogP contribution in [0.15, 0.2) is 40.9 Å². The third-order valence-corrected chi connectivity index (χ3v) is 4.69. The van der Waals surface area contributed by atoms with Gasteiger partial charge in [-0.2, -0.15) is 0 Å². The van der Waals surface area contributed by atoms with Gasteiger partial charge in [-0.3, -0.25) is 0 Å². The second kappa shape index (κ2) is 5.57. The zero-order valence-electron chi connectivity index (χ0n) is 10.3. The Balaban J connectivity index is 1.99. The zero-order valence-corrected chi connectivity index (χ0v) is 13.4. The minimum atomic E-state index is -0.587. The molecule has 2 atom stereocenters. The van der Waals surface area contributed by atoms with E-state index in [1.165, 1.54) is 0 Å². The second-order valence-corrected chi connectivity index (χ2v) is 6.38. The molecule has 5 heteroatoms. The topological polar surface area (TPSA) is 29.5 Å². The van der Waals surface area contributed by atoms with Crippen molar-refractivity contribution >= 4 is 39.1 Å². The van der Waals surface area contributed by atoms with Crippen molar-refractivity contribution in [1.29, 1.82) is 0 Å². The SMILES string of the molecule is O[C@H]1CC(c2cccc(Cl)c2Cl)Oc2ccc(Br)cc21. The Morgan fingerprint density at radius 2 is 1.95 bits per heavy atom. The highest BCUT2D eigenvalue weighted by atomic mass is 79.9. The molecular formula is C15H11BrCl2O2. The lowest BCUT2D eigenvalue weighted by molar-refractivity contribution is 0.0657. The molecule has 2 aromatic rings. The molecular weight excluding hydrogens is 363 g/mol. The summed E-state index contributed by atoms with van der Waals surface area (Å²) in [4.78, 5) is 0. The molecule has 0 saturated carbocycles. The fraction of sp³-hybridized carbons (Fsp3) is 0.200. The summed E-state index contributed by atoms with van der Waals surface area (Å²) in [7, 11) is 0. The van der Waals surface area contributed by atoms with Crippen LogP contribution in [0.5, 0.6) is 5.75 Å². The number of aliphatic hydroxyl groups excluding tert-OH is 1. The summed E-state index contributed by atoms with van der Waals surface area (Å²) in [6, 6.07) is 11.0. The van der Waals surface area contributed by atoms with Crippen molar-refractivity contribution in [3.05, 3.63) is 62.0 Å². The third kappa shape index (κ3) is 2.56. The molecule has 2 nitrogen and oxygen atoms in total. The largest absolute Gasteiger partial charge is 0.485 e. The van der Waals surface area contributed by atoms with Gasteiger partial charge in [-0.05, 0) is 24.3 Å². The molecule has 1 unspecified atom stereocenters. The summed E-state index contributed by atoms with van der Waals surface area (Å²) < 4.78 is 6.87. The smallest absolute Gasteiger partial charge is 0.128 e. The van der Waals surface area contributed by atoms with Crippen molar-refractivity contribution in [3.8, 4) is 5.75 Å². The van der Waals surface area contributed by atoms with Crippen LogP contribution < -0.4 is 4.74 Å². The number of aliphatic hydroxyl groups is 1. The maximum Gasteiger partial charge on any atom is 0.128 e. The predicted molar refractivity (Wildman–Crippen MR) is 83.5 cm³/mol. The molecule has 20 heavy (non-hydrogen) atoms. The molecule has 1 N–H and O–H groups in total. The lowest BCUT2D eigenvalue weighted by Crippen LogP contribution is -2.19. The number of rotatable bonds is 1. The Hall–Kier alpha value is -0.740. The Bertz CT molecular complexity index is 660. The van der Waals surface area contributed by atoms with E-state index in [1.54, 1.807) is 6.07 Å². The summed E-state index contributed by atoms with van der Waals surface area (Å²) >= 11 is 15.7. The van der Waals surface area contributed by atoms with E-state index in [9.17, 15) is 5.11 Å². The van der Waals surface area contributed by atoms with Crippen molar-refractivity contribution in [2.24, 2.45) is 0 Å². The zero-order chi connectivity index (χ0) is 14.3. The molecule has 1 heterocycles. The van der Waals surface area contributed by atoms with Crippen LogP contribution in [0.4, 0.5) is 0 Å². The lowest BCUT2D eigenvalue weighted by Gasteiger charge is -2.30. The van der Waals surface area contributed by atoms with Gasteiger partial charge in [-0.25, -0.2) is 0 Å². The highest BCUT2D eigenvalue weighted by Crippen LogP contribution is 2.44. The van der Waals surface area contributed by atoms with Crippen LogP contribution in [-0.2, 0) is 0 Å². The van der Waals surface area contributed by atoms with Crippen LogP contribution in [0.1, 0.15) is 29.8 Å². The molecule has 0 aliphatic carbocycles. The number of benzene rings is 2. The van der Waals surface area contributed by atoms with Crippen molar-refractivity contribution < 1.29 is 9.84 Å². The van der Waals surface area contributed by atoms with E-state index in [1.807, 2.05) is 30.3 Å². The van der Waals surface area contributed by atoms with E-state index >= 15 is 0 Å². The third-order valence-electron chi connectivity index (χ3n) is 3.37. The average Bonchev–Trinajstić information content (AvgIpc) is 2.42. The molecule has 0 spiro atoms. The minimum Gasteiger partial charge on any atom is -0.485 e. The molecule has 0 fully saturated rings. The maximum atomic E-state index is 10.3. The van der Waals surface area contributed by atoms with Crippen LogP contribution in [0.2, 0.25) is 10.0 Å². The van der Waals surface area contributed by atoms with Gasteiger partial charge in [0.2, 0.25) is 0 Å². The number of fused-ring (bicyclic) bond motifs is 1. The first-order valence-electron chi connectivity index (χ1n) is 6.14. The highest BCUT2D eigenvalue weighted by molar-refractivity contribution is 9.10. The monoisotopic (exact) mass is 372 g/mol. The summed E-state index contributed by atoms with van der Waals surface area (Å²) in [5.41, 5.74) is 1.58. The number of hydrogen-bond donors (Lipinski definition) is 1. The minimum absolute atomic E-state index is 0.301. The Morgan fingerprint density at radius 1 is 1.15 bits per heavy atom. The number of halogens is 3. The van der Waals surface area contributed by atoms with E-state index in [-0.39, 0.29) is 6.10 Å². The lowest BCUT2D eigenvalue weighted by atomic mass is 9.95. The Kier molecular flexibility index (Phi) is 3.95. The molecule has 0 bridgehead atoms. The molecule has 0 aromatic heterocycles. The van der Waals surface area contributed by atoms with E-state index in [0.29, 0.717) is 22.2 Å². The second-order valence-electron chi connectivity index (χ2n) is 4.68. The van der Waals surface area contributed by atoms with Crippen molar-refractivity contribution in [1.82, 2.24) is 0 Å². The molecule has 0 radical (unpaired) electrons. The average molecular weight is 374 g/mol. The van der Waals surface area contributed by atoms with Gasteiger partial charge in [-0.1, -0.05) is 51.3 Å². The molecule has 3 rings (SSSR count). The summed E-state index contributed by atoms with van der Waals surface area (Å²) in [5, 5.41) is 11.3. The van der Waals surface area contributed by atoms with Crippen LogP contribution in [-0.4, -0.2) is 5.11 Å². The Labute approximate surface area is 135 Å². The van der Waals surface area contributed by atoms with Crippen molar-refractivity contribution in [3.63, 3.8) is 0 Å². The standard InChI is InChI=1S/C15H11BrCl2O2/c16-8-4-5-13-10(6-8)12(19)7-14(20-13)9-2-1-3-11(17)15(9)18/h1-6,12,14,19H,7H2/t12-,14?/m0/s1. The highest BCUT2D eigenvalue weighted by Gasteiger charge is 2.29. The molecule has 0 saturated heterocycles. The molecule has 104 valence electrons. The summed E-state index contributed by atoms with van der Waals surface area (Å²) in [6.07, 6.45) is -0.440. The number of ether oxygens (including phenoxy) is 1. The fourth-order valence-corrected chi connectivity index (χ4v) is 3.19. The van der Waals surface area contributed by atoms with E-state index in [4.69, 9.17) is 27.9 Å². The van der Waals surface area contributed by atoms with E-state index in [0.717, 1.165) is 15.6 Å². The van der Waals surface area contributed by atoms with Gasteiger partial charge in [0.15, 0.2) is 0 Å². The van der Waals surface area contributed by atoms with Gasteiger partial charge in [0.05, 0.1) is 16.1 Å². The Morgan fingerprint density at radius 3 is 2.75 bits per heavy atom. The molecule has 1 aliphatic heterocycles. The van der Waals surface area contributed by atoms with Crippen LogP contribution in [0.3, 0.4) is 0 Å². The van der Waals surface area contributed by atoms with Crippen molar-refractivity contribution in [2.75, 3.05) is 0 Å². The number of hydrogen-bond acceptors (Lipinski definition) is 2. The summed E-state index contributed by atoms with van der Waals surface area (Å²) in [6.45, 7) is 0. The van der Waals surface area contributed by atoms with Gasteiger partial charge in [0.1, 0.15) is 11.9 Å². The van der Waals surface area contributed by atoms with Gasteiger partial charge >= 0.3 is 0 Å². The quantitative estimate of drug-likeness (QED) is 0.733. The summed E-state index contributed by atoms with van der Waals surface area (Å²) in [5.74, 6) is 0.674. The van der Waals surface area contributed by atoms with Gasteiger partial charge in [-0.15, -0.1) is 0 Å². The van der Waals surface area contributed by atoms with Crippen LogP contribution in [0, 0.1) is 0 Å². The first-order chi connectivity index (χ1) is 9.56. The maximum absolute atomic E-state index is 10.3. The molecule has 0 amide bonds. The van der Waals surface area contributed by atoms with Gasteiger partial charge in [0, 0.05) is 22.0 Å².